The maximum Gasteiger partial charge on any atom is 0.242 e. The van der Waals surface area contributed by atoms with Crippen molar-refractivity contribution in [1.82, 2.24) is 14.6 Å². The van der Waals surface area contributed by atoms with Crippen LogP contribution < -0.4 is 10.0 Å². The van der Waals surface area contributed by atoms with Crippen LogP contribution in [-0.4, -0.2) is 51.0 Å². The van der Waals surface area contributed by atoms with E-state index in [0.29, 0.717) is 12.2 Å². The minimum Gasteiger partial charge on any atom is -0.384 e. The molecular weight excluding hydrogens is 300 g/mol. The third-order valence-electron chi connectivity index (χ3n) is 3.49. The summed E-state index contributed by atoms with van der Waals surface area (Å²) >= 11 is 0. The minimum absolute atomic E-state index is 0.203. The zero-order valence-corrected chi connectivity index (χ0v) is 14.6. The van der Waals surface area contributed by atoms with E-state index in [4.69, 9.17) is 0 Å². The first-order valence-corrected chi connectivity index (χ1v) is 9.42. The number of hydrogen-bond acceptors (Lipinski definition) is 5. The van der Waals surface area contributed by atoms with Crippen molar-refractivity contribution in [3.8, 4) is 0 Å². The lowest BCUT2D eigenvalue weighted by Gasteiger charge is -2.17. The van der Waals surface area contributed by atoms with Gasteiger partial charge in [0.2, 0.25) is 10.0 Å². The quantitative estimate of drug-likeness (QED) is 0.607. The lowest BCUT2D eigenvalue weighted by atomic mass is 10.3. The molecular formula is C15H28N4O2S. The molecule has 1 aromatic rings. The Morgan fingerprint density at radius 1 is 1.14 bits per heavy atom. The molecule has 2 N–H and O–H groups in total. The van der Waals surface area contributed by atoms with Crippen LogP contribution in [0.5, 0.6) is 0 Å². The molecule has 0 bridgehead atoms. The Hall–Kier alpha value is -1.18. The summed E-state index contributed by atoms with van der Waals surface area (Å²) in [6.45, 7) is 10.5. The van der Waals surface area contributed by atoms with E-state index in [0.717, 1.165) is 39.0 Å². The van der Waals surface area contributed by atoms with E-state index in [9.17, 15) is 8.42 Å². The largest absolute Gasteiger partial charge is 0.384 e. The number of unbranched alkanes of at least 4 members (excludes halogenated alkanes) is 1. The van der Waals surface area contributed by atoms with Crippen LogP contribution in [0.15, 0.2) is 23.4 Å². The van der Waals surface area contributed by atoms with Gasteiger partial charge in [0.25, 0.3) is 0 Å². The topological polar surface area (TPSA) is 74.3 Å². The first-order chi connectivity index (χ1) is 10.5. The lowest BCUT2D eigenvalue weighted by molar-refractivity contribution is 0.297. The smallest absolute Gasteiger partial charge is 0.242 e. The van der Waals surface area contributed by atoms with Crippen molar-refractivity contribution in [2.75, 3.05) is 38.0 Å². The highest BCUT2D eigenvalue weighted by Crippen LogP contribution is 2.13. The average Bonchev–Trinajstić information content (AvgIpc) is 2.51. The zero-order valence-electron chi connectivity index (χ0n) is 13.8. The number of anilines is 1. The minimum atomic E-state index is -3.48. The van der Waals surface area contributed by atoms with Gasteiger partial charge in [-0.1, -0.05) is 13.8 Å². The van der Waals surface area contributed by atoms with Crippen molar-refractivity contribution in [2.45, 2.75) is 38.5 Å². The fourth-order valence-electron chi connectivity index (χ4n) is 2.16. The Morgan fingerprint density at radius 3 is 2.50 bits per heavy atom. The molecule has 0 spiro atoms. The summed E-state index contributed by atoms with van der Waals surface area (Å²) in [7, 11) is -3.48. The van der Waals surface area contributed by atoms with E-state index >= 15 is 0 Å². The van der Waals surface area contributed by atoms with E-state index in [1.807, 2.05) is 6.92 Å². The maximum absolute atomic E-state index is 12.2. The lowest BCUT2D eigenvalue weighted by Crippen LogP contribution is -2.27. The highest BCUT2D eigenvalue weighted by molar-refractivity contribution is 7.89. The van der Waals surface area contributed by atoms with E-state index in [2.05, 4.69) is 33.8 Å². The van der Waals surface area contributed by atoms with Crippen LogP contribution in [0.4, 0.5) is 5.69 Å². The van der Waals surface area contributed by atoms with Gasteiger partial charge >= 0.3 is 0 Å². The third kappa shape index (κ3) is 6.29. The molecule has 0 saturated heterocycles. The van der Waals surface area contributed by atoms with Gasteiger partial charge in [0.15, 0.2) is 0 Å². The van der Waals surface area contributed by atoms with Gasteiger partial charge in [-0.3, -0.25) is 4.98 Å². The van der Waals surface area contributed by atoms with E-state index in [-0.39, 0.29) is 4.90 Å². The highest BCUT2D eigenvalue weighted by atomic mass is 32.2. The van der Waals surface area contributed by atoms with Crippen LogP contribution in [0, 0.1) is 0 Å². The number of nitrogens with one attached hydrogen (secondary N) is 2. The Labute approximate surface area is 134 Å². The van der Waals surface area contributed by atoms with Crippen LogP contribution in [-0.2, 0) is 10.0 Å². The van der Waals surface area contributed by atoms with Crippen molar-refractivity contribution in [1.29, 1.82) is 0 Å². The summed E-state index contributed by atoms with van der Waals surface area (Å²) in [5.74, 6) is 0. The molecule has 0 unspecified atom stereocenters. The molecule has 1 rings (SSSR count). The summed E-state index contributed by atoms with van der Waals surface area (Å²) in [5.41, 5.74) is 0.715. The first kappa shape index (κ1) is 18.9. The summed E-state index contributed by atoms with van der Waals surface area (Å²) < 4.78 is 27.1. The first-order valence-electron chi connectivity index (χ1n) is 7.94. The van der Waals surface area contributed by atoms with Gasteiger partial charge < -0.3 is 10.2 Å². The van der Waals surface area contributed by atoms with Crippen molar-refractivity contribution in [2.24, 2.45) is 0 Å². The Balaban J connectivity index is 2.45. The van der Waals surface area contributed by atoms with Crippen molar-refractivity contribution in [3.63, 3.8) is 0 Å². The Morgan fingerprint density at radius 2 is 1.86 bits per heavy atom. The van der Waals surface area contributed by atoms with Crippen LogP contribution in [0.2, 0.25) is 0 Å². The predicted octanol–water partition coefficient (Wildman–Crippen LogP) is 1.91. The molecule has 0 radical (unpaired) electrons. The second kappa shape index (κ2) is 9.76. The number of nitrogens with zero attached hydrogens (tertiary/aromatic N) is 2. The maximum atomic E-state index is 12.2. The zero-order chi connectivity index (χ0) is 16.4. The normalized spacial score (nSPS) is 11.8. The van der Waals surface area contributed by atoms with Gasteiger partial charge in [0.05, 0.1) is 11.9 Å². The summed E-state index contributed by atoms with van der Waals surface area (Å²) in [6.07, 6.45) is 4.81. The second-order valence-electron chi connectivity index (χ2n) is 5.07. The molecule has 0 amide bonds. The molecule has 0 aliphatic rings. The summed E-state index contributed by atoms with van der Waals surface area (Å²) in [6, 6.07) is 1.61. The van der Waals surface area contributed by atoms with Gasteiger partial charge in [0, 0.05) is 19.3 Å². The summed E-state index contributed by atoms with van der Waals surface area (Å²) in [4.78, 5) is 6.51. The third-order valence-corrected chi connectivity index (χ3v) is 4.92. The number of hydrogen-bond donors (Lipinski definition) is 2. The molecule has 0 saturated carbocycles. The fourth-order valence-corrected chi connectivity index (χ4v) is 3.22. The molecule has 0 aromatic carbocycles. The van der Waals surface area contributed by atoms with Gasteiger partial charge in [-0.2, -0.15) is 0 Å². The van der Waals surface area contributed by atoms with Gasteiger partial charge in [-0.15, -0.1) is 0 Å². The molecule has 126 valence electrons. The van der Waals surface area contributed by atoms with Gasteiger partial charge in [0.1, 0.15) is 4.90 Å². The van der Waals surface area contributed by atoms with Crippen molar-refractivity contribution in [3.05, 3.63) is 18.5 Å². The number of sulfonamides is 1. The van der Waals surface area contributed by atoms with Crippen molar-refractivity contribution < 1.29 is 8.42 Å². The van der Waals surface area contributed by atoms with Gasteiger partial charge in [-0.05, 0) is 45.5 Å². The molecule has 7 heteroatoms. The molecule has 0 fully saturated rings. The monoisotopic (exact) mass is 328 g/mol. The number of rotatable bonds is 11. The summed E-state index contributed by atoms with van der Waals surface area (Å²) in [5, 5.41) is 3.06. The van der Waals surface area contributed by atoms with Crippen LogP contribution in [0.3, 0.4) is 0 Å². The predicted molar refractivity (Wildman–Crippen MR) is 90.6 cm³/mol. The van der Waals surface area contributed by atoms with E-state index in [1.54, 1.807) is 12.3 Å². The fraction of sp³-hybridized carbons (Fsp3) is 0.667. The number of pyridine rings is 1. The highest BCUT2D eigenvalue weighted by Gasteiger charge is 2.14. The molecule has 22 heavy (non-hydrogen) atoms. The molecule has 0 aliphatic carbocycles. The SMILES string of the molecule is CCNc1cncc(S(=O)(=O)NCCCCN(CC)CC)c1. The van der Waals surface area contributed by atoms with Crippen LogP contribution in [0.25, 0.3) is 0 Å². The molecule has 0 atom stereocenters. The second-order valence-corrected chi connectivity index (χ2v) is 6.84. The van der Waals surface area contributed by atoms with E-state index in [1.165, 1.54) is 6.20 Å². The van der Waals surface area contributed by atoms with Gasteiger partial charge in [-0.25, -0.2) is 13.1 Å². The Bertz CT molecular complexity index is 530. The standard InChI is InChI=1S/C15H28N4O2S/c1-4-17-14-11-15(13-16-12-14)22(20,21)18-9-7-8-10-19(5-2)6-3/h11-13,17-18H,4-10H2,1-3H3. The van der Waals surface area contributed by atoms with E-state index < -0.39 is 10.0 Å². The number of aromatic nitrogens is 1. The van der Waals surface area contributed by atoms with Crippen LogP contribution in [0.1, 0.15) is 33.6 Å². The Kier molecular flexibility index (Phi) is 8.37. The van der Waals surface area contributed by atoms with Crippen molar-refractivity contribution >= 4 is 15.7 Å². The molecule has 0 aliphatic heterocycles. The molecule has 6 nitrogen and oxygen atoms in total. The molecule has 1 heterocycles. The van der Waals surface area contributed by atoms with Crippen LogP contribution >= 0.6 is 0 Å². The average molecular weight is 328 g/mol. The molecule has 1 aromatic heterocycles.